The van der Waals surface area contributed by atoms with Crippen molar-refractivity contribution in [2.75, 3.05) is 0 Å². The molecule has 3 heteroatoms. The SMILES string of the molecule is CCC1=NNC(Cl)c2ccccc21. The summed E-state index contributed by atoms with van der Waals surface area (Å²) in [6.07, 6.45) is 0.924. The van der Waals surface area contributed by atoms with Crippen molar-refractivity contribution in [1.82, 2.24) is 5.43 Å². The van der Waals surface area contributed by atoms with E-state index in [1.54, 1.807) is 0 Å². The molecule has 1 aromatic rings. The lowest BCUT2D eigenvalue weighted by Gasteiger charge is -2.20. The number of hydrazone groups is 1. The molecule has 1 N–H and O–H groups in total. The van der Waals surface area contributed by atoms with Gasteiger partial charge in [-0.15, -0.1) is 0 Å². The fourth-order valence-electron chi connectivity index (χ4n) is 1.51. The molecule has 0 saturated heterocycles. The second kappa shape index (κ2) is 3.38. The van der Waals surface area contributed by atoms with Crippen molar-refractivity contribution in [3.05, 3.63) is 35.4 Å². The van der Waals surface area contributed by atoms with E-state index in [2.05, 4.69) is 23.5 Å². The molecule has 0 aromatic heterocycles. The molecule has 1 aromatic carbocycles. The van der Waals surface area contributed by atoms with Gasteiger partial charge in [-0.1, -0.05) is 42.8 Å². The summed E-state index contributed by atoms with van der Waals surface area (Å²) in [7, 11) is 0. The predicted molar refractivity (Wildman–Crippen MR) is 55.0 cm³/mol. The quantitative estimate of drug-likeness (QED) is 0.540. The second-order valence-electron chi connectivity index (χ2n) is 2.99. The molecule has 0 aliphatic carbocycles. The van der Waals surface area contributed by atoms with E-state index in [9.17, 15) is 0 Å². The number of halogens is 1. The predicted octanol–water partition coefficient (Wildman–Crippen LogP) is 2.64. The van der Waals surface area contributed by atoms with E-state index < -0.39 is 0 Å². The van der Waals surface area contributed by atoms with Gasteiger partial charge in [-0.3, -0.25) is 5.43 Å². The molecule has 0 bridgehead atoms. The minimum atomic E-state index is -0.188. The highest BCUT2D eigenvalue weighted by Crippen LogP contribution is 2.26. The van der Waals surface area contributed by atoms with Gasteiger partial charge in [-0.25, -0.2) is 0 Å². The van der Waals surface area contributed by atoms with Crippen molar-refractivity contribution in [1.29, 1.82) is 0 Å². The lowest BCUT2D eigenvalue weighted by Crippen LogP contribution is -2.22. The Morgan fingerprint density at radius 3 is 3.00 bits per heavy atom. The maximum absolute atomic E-state index is 6.05. The number of rotatable bonds is 1. The molecule has 1 atom stereocenters. The number of nitrogens with zero attached hydrogens (tertiary/aromatic N) is 1. The van der Waals surface area contributed by atoms with Crippen molar-refractivity contribution >= 4 is 17.3 Å². The number of nitrogens with one attached hydrogen (secondary N) is 1. The Morgan fingerprint density at radius 1 is 1.46 bits per heavy atom. The van der Waals surface area contributed by atoms with Crippen LogP contribution >= 0.6 is 11.6 Å². The van der Waals surface area contributed by atoms with Gasteiger partial charge in [-0.2, -0.15) is 5.10 Å². The van der Waals surface area contributed by atoms with Gasteiger partial charge in [-0.05, 0) is 12.0 Å². The first-order valence-electron chi connectivity index (χ1n) is 4.38. The van der Waals surface area contributed by atoms with Gasteiger partial charge in [0, 0.05) is 5.56 Å². The lowest BCUT2D eigenvalue weighted by molar-refractivity contribution is 0.697. The minimum absolute atomic E-state index is 0.188. The number of hydrogen-bond donors (Lipinski definition) is 1. The molecule has 0 fully saturated rings. The standard InChI is InChI=1S/C10H11ClN2/c1-2-9-7-5-3-4-6-8(7)10(11)13-12-9/h3-6,10,13H,2H2,1H3. The van der Waals surface area contributed by atoms with Crippen LogP contribution in [0.15, 0.2) is 29.4 Å². The first-order chi connectivity index (χ1) is 6.33. The topological polar surface area (TPSA) is 24.4 Å². The van der Waals surface area contributed by atoms with Crippen LogP contribution in [0.3, 0.4) is 0 Å². The molecule has 13 heavy (non-hydrogen) atoms. The highest BCUT2D eigenvalue weighted by molar-refractivity contribution is 6.22. The fourth-order valence-corrected chi connectivity index (χ4v) is 1.75. The van der Waals surface area contributed by atoms with Crippen LogP contribution in [-0.2, 0) is 0 Å². The van der Waals surface area contributed by atoms with Crippen molar-refractivity contribution in [3.8, 4) is 0 Å². The van der Waals surface area contributed by atoms with Gasteiger partial charge in [0.15, 0.2) is 0 Å². The van der Waals surface area contributed by atoms with Crippen molar-refractivity contribution in [2.24, 2.45) is 5.10 Å². The molecule has 1 aliphatic heterocycles. The number of fused-ring (bicyclic) bond motifs is 1. The molecule has 68 valence electrons. The van der Waals surface area contributed by atoms with Crippen molar-refractivity contribution in [3.63, 3.8) is 0 Å². The summed E-state index contributed by atoms with van der Waals surface area (Å²) in [6, 6.07) is 8.10. The van der Waals surface area contributed by atoms with Crippen LogP contribution in [0.2, 0.25) is 0 Å². The van der Waals surface area contributed by atoms with E-state index in [4.69, 9.17) is 11.6 Å². The summed E-state index contributed by atoms with van der Waals surface area (Å²) in [5.41, 5.74) is 6.07. The third kappa shape index (κ3) is 1.42. The van der Waals surface area contributed by atoms with Gasteiger partial charge < -0.3 is 0 Å². The summed E-state index contributed by atoms with van der Waals surface area (Å²) in [4.78, 5) is 0. The maximum Gasteiger partial charge on any atom is 0.143 e. The third-order valence-corrected chi connectivity index (χ3v) is 2.53. The Balaban J connectivity index is 2.52. The van der Waals surface area contributed by atoms with Crippen molar-refractivity contribution < 1.29 is 0 Å². The van der Waals surface area contributed by atoms with Crippen molar-refractivity contribution in [2.45, 2.75) is 18.8 Å². The van der Waals surface area contributed by atoms with Gasteiger partial charge in [0.2, 0.25) is 0 Å². The third-order valence-electron chi connectivity index (χ3n) is 2.19. The van der Waals surface area contributed by atoms with Gasteiger partial charge in [0.25, 0.3) is 0 Å². The van der Waals surface area contributed by atoms with Crippen LogP contribution in [-0.4, -0.2) is 5.71 Å². The van der Waals surface area contributed by atoms with Crippen LogP contribution in [0.5, 0.6) is 0 Å². The molecule has 0 amide bonds. The molecule has 2 nitrogen and oxygen atoms in total. The van der Waals surface area contributed by atoms with E-state index in [0.29, 0.717) is 0 Å². The van der Waals surface area contributed by atoms with Crippen LogP contribution in [0.1, 0.15) is 30.0 Å². The monoisotopic (exact) mass is 194 g/mol. The Morgan fingerprint density at radius 2 is 2.23 bits per heavy atom. The molecule has 2 rings (SSSR count). The van der Waals surface area contributed by atoms with Gasteiger partial charge in [0.05, 0.1) is 5.71 Å². The Labute approximate surface area is 82.6 Å². The number of hydrogen-bond acceptors (Lipinski definition) is 2. The number of benzene rings is 1. The molecule has 0 spiro atoms. The summed E-state index contributed by atoms with van der Waals surface area (Å²) < 4.78 is 0. The van der Waals surface area contributed by atoms with E-state index >= 15 is 0 Å². The minimum Gasteiger partial charge on any atom is -0.287 e. The van der Waals surface area contributed by atoms with Crippen LogP contribution < -0.4 is 5.43 Å². The number of alkyl halides is 1. The zero-order valence-electron chi connectivity index (χ0n) is 7.42. The zero-order chi connectivity index (χ0) is 9.26. The Hall–Kier alpha value is -1.02. The summed E-state index contributed by atoms with van der Waals surface area (Å²) in [5, 5.41) is 4.20. The van der Waals surface area contributed by atoms with E-state index in [0.717, 1.165) is 17.7 Å². The maximum atomic E-state index is 6.05. The van der Waals surface area contributed by atoms with E-state index in [1.165, 1.54) is 5.56 Å². The Kier molecular flexibility index (Phi) is 2.23. The molecule has 0 radical (unpaired) electrons. The smallest absolute Gasteiger partial charge is 0.143 e. The molecular formula is C10H11ClN2. The normalized spacial score (nSPS) is 20.2. The van der Waals surface area contributed by atoms with E-state index in [-0.39, 0.29) is 5.50 Å². The fraction of sp³-hybridized carbons (Fsp3) is 0.300. The second-order valence-corrected chi connectivity index (χ2v) is 3.43. The summed E-state index contributed by atoms with van der Waals surface area (Å²) in [6.45, 7) is 2.09. The van der Waals surface area contributed by atoms with Crippen LogP contribution in [0.4, 0.5) is 0 Å². The summed E-state index contributed by atoms with van der Waals surface area (Å²) >= 11 is 6.05. The van der Waals surface area contributed by atoms with Crippen LogP contribution in [0.25, 0.3) is 0 Å². The zero-order valence-corrected chi connectivity index (χ0v) is 8.17. The van der Waals surface area contributed by atoms with Crippen LogP contribution in [0, 0.1) is 0 Å². The van der Waals surface area contributed by atoms with Gasteiger partial charge in [0.1, 0.15) is 5.50 Å². The van der Waals surface area contributed by atoms with Gasteiger partial charge >= 0.3 is 0 Å². The first-order valence-corrected chi connectivity index (χ1v) is 4.82. The first kappa shape index (κ1) is 8.57. The molecule has 0 saturated carbocycles. The highest BCUT2D eigenvalue weighted by Gasteiger charge is 2.18. The molecule has 1 heterocycles. The largest absolute Gasteiger partial charge is 0.287 e. The highest BCUT2D eigenvalue weighted by atomic mass is 35.5. The average molecular weight is 195 g/mol. The molecule has 1 aliphatic rings. The lowest BCUT2D eigenvalue weighted by atomic mass is 10.0. The summed E-state index contributed by atoms with van der Waals surface area (Å²) in [5.74, 6) is 0. The Bertz CT molecular complexity index is 347. The molecule has 1 unspecified atom stereocenters. The molecular weight excluding hydrogens is 184 g/mol. The van der Waals surface area contributed by atoms with E-state index in [1.807, 2.05) is 18.2 Å². The average Bonchev–Trinajstić information content (AvgIpc) is 2.19.